The molecule has 1 radical (unpaired) electrons. The van der Waals surface area contributed by atoms with Crippen molar-refractivity contribution in [1.82, 2.24) is 4.67 Å². The fourth-order valence-corrected chi connectivity index (χ4v) is 3.68. The van der Waals surface area contributed by atoms with Gasteiger partial charge < -0.3 is 0 Å². The van der Waals surface area contributed by atoms with Gasteiger partial charge in [0.1, 0.15) is 0 Å². The molecule has 0 N–H and O–H groups in total. The normalized spacial score (nSPS) is 12.5. The number of rotatable bonds is 7. The van der Waals surface area contributed by atoms with Gasteiger partial charge in [-0.3, -0.25) is 4.57 Å². The molecule has 1 unspecified atom stereocenters. The molecule has 1 atom stereocenters. The first kappa shape index (κ1) is 15.3. The Hall–Kier alpha value is -0.720. The topological polar surface area (TPSA) is 20.3 Å². The largest absolute Gasteiger partial charge is 0.269 e. The van der Waals surface area contributed by atoms with E-state index in [1.54, 1.807) is 0 Å². The van der Waals surface area contributed by atoms with Crippen molar-refractivity contribution in [3.05, 3.63) is 35.9 Å². The van der Waals surface area contributed by atoms with Crippen molar-refractivity contribution in [3.8, 4) is 0 Å². The van der Waals surface area contributed by atoms with E-state index in [0.29, 0.717) is 18.0 Å². The molecule has 3 heteroatoms. The van der Waals surface area contributed by atoms with Crippen molar-refractivity contribution in [1.29, 1.82) is 0 Å². The minimum atomic E-state index is -1.30. The van der Waals surface area contributed by atoms with Gasteiger partial charge in [-0.05, 0) is 17.4 Å². The lowest BCUT2D eigenvalue weighted by Crippen LogP contribution is -2.25. The van der Waals surface area contributed by atoms with Crippen LogP contribution in [0.15, 0.2) is 30.3 Å². The first-order valence-corrected chi connectivity index (χ1v) is 8.12. The lowest BCUT2D eigenvalue weighted by atomic mass is 10.2. The molecule has 1 rings (SSSR count). The molecular weight excluding hydrogens is 241 g/mol. The van der Waals surface area contributed by atoms with Crippen molar-refractivity contribution in [2.75, 3.05) is 13.1 Å². The van der Waals surface area contributed by atoms with Crippen LogP contribution < -0.4 is 0 Å². The summed E-state index contributed by atoms with van der Waals surface area (Å²) in [5.41, 5.74) is 1.16. The third-order valence-electron chi connectivity index (χ3n) is 2.63. The Morgan fingerprint density at radius 3 is 1.94 bits per heavy atom. The van der Waals surface area contributed by atoms with Gasteiger partial charge in [0, 0.05) is 13.1 Å². The number of benzene rings is 1. The zero-order valence-corrected chi connectivity index (χ0v) is 12.9. The second-order valence-corrected chi connectivity index (χ2v) is 7.24. The number of nitrogens with zero attached hydrogens (tertiary/aromatic N) is 1. The predicted molar refractivity (Wildman–Crippen MR) is 79.0 cm³/mol. The van der Waals surface area contributed by atoms with Crippen LogP contribution >= 0.6 is 7.95 Å². The zero-order valence-electron chi connectivity index (χ0n) is 12.0. The van der Waals surface area contributed by atoms with Crippen molar-refractivity contribution in [2.45, 2.75) is 33.9 Å². The van der Waals surface area contributed by atoms with Gasteiger partial charge >= 0.3 is 0 Å². The van der Waals surface area contributed by atoms with Crippen LogP contribution in [0.5, 0.6) is 0 Å². The minimum absolute atomic E-state index is 0.554. The maximum absolute atomic E-state index is 12.5. The van der Waals surface area contributed by atoms with Crippen molar-refractivity contribution in [3.63, 3.8) is 0 Å². The SMILES string of the molecule is CC(C)CN(CC(C)C)[P](=O)Cc1ccccc1. The van der Waals surface area contributed by atoms with Gasteiger partial charge in [0.05, 0.1) is 6.16 Å². The molecule has 18 heavy (non-hydrogen) atoms. The Labute approximate surface area is 112 Å². The Bertz CT molecular complexity index is 352. The quantitative estimate of drug-likeness (QED) is 0.675. The second-order valence-electron chi connectivity index (χ2n) is 5.66. The van der Waals surface area contributed by atoms with E-state index < -0.39 is 7.95 Å². The molecule has 0 saturated heterocycles. The van der Waals surface area contributed by atoms with E-state index in [0.717, 1.165) is 18.7 Å². The van der Waals surface area contributed by atoms with Gasteiger partial charge in [-0.2, -0.15) is 0 Å². The molecule has 2 nitrogen and oxygen atoms in total. The van der Waals surface area contributed by atoms with E-state index in [1.807, 2.05) is 18.2 Å². The summed E-state index contributed by atoms with van der Waals surface area (Å²) in [6.45, 7) is 10.6. The standard InChI is InChI=1S/C15H25NOP/c1-13(2)10-16(11-14(3)4)18(17)12-15-8-6-5-7-9-15/h5-9,13-14H,10-12H2,1-4H3. The summed E-state index contributed by atoms with van der Waals surface area (Å²) in [4.78, 5) is 0. The van der Waals surface area contributed by atoms with Crippen LogP contribution in [0.25, 0.3) is 0 Å². The molecule has 0 fully saturated rings. The molecule has 0 heterocycles. The van der Waals surface area contributed by atoms with E-state index in [1.165, 1.54) is 0 Å². The van der Waals surface area contributed by atoms with Gasteiger partial charge in [0.2, 0.25) is 0 Å². The number of hydrogen-bond donors (Lipinski definition) is 0. The zero-order chi connectivity index (χ0) is 13.5. The van der Waals surface area contributed by atoms with Crippen LogP contribution in [-0.2, 0) is 10.7 Å². The van der Waals surface area contributed by atoms with Crippen LogP contribution in [0.3, 0.4) is 0 Å². The van der Waals surface area contributed by atoms with Crippen molar-refractivity contribution in [2.24, 2.45) is 11.8 Å². The lowest BCUT2D eigenvalue weighted by Gasteiger charge is -2.24. The van der Waals surface area contributed by atoms with E-state index >= 15 is 0 Å². The molecular formula is C15H25NOP. The average molecular weight is 266 g/mol. The van der Waals surface area contributed by atoms with E-state index in [-0.39, 0.29) is 0 Å². The Morgan fingerprint density at radius 1 is 1.00 bits per heavy atom. The van der Waals surface area contributed by atoms with Crippen molar-refractivity contribution >= 4 is 7.95 Å². The molecule has 0 spiro atoms. The minimum Gasteiger partial charge on any atom is -0.269 e. The fraction of sp³-hybridized carbons (Fsp3) is 0.600. The molecule has 0 bridgehead atoms. The summed E-state index contributed by atoms with van der Waals surface area (Å²) >= 11 is 0. The molecule has 0 aromatic heterocycles. The van der Waals surface area contributed by atoms with Crippen LogP contribution in [0.4, 0.5) is 0 Å². The van der Waals surface area contributed by atoms with E-state index in [9.17, 15) is 4.57 Å². The van der Waals surface area contributed by atoms with Crippen molar-refractivity contribution < 1.29 is 4.57 Å². The molecule has 101 valence electrons. The second kappa shape index (κ2) is 7.66. The monoisotopic (exact) mass is 266 g/mol. The Balaban J connectivity index is 2.64. The van der Waals surface area contributed by atoms with Crippen LogP contribution in [0.2, 0.25) is 0 Å². The summed E-state index contributed by atoms with van der Waals surface area (Å²) in [6.07, 6.45) is 0.662. The summed E-state index contributed by atoms with van der Waals surface area (Å²) in [5, 5.41) is 0. The summed E-state index contributed by atoms with van der Waals surface area (Å²) < 4.78 is 14.6. The van der Waals surface area contributed by atoms with Gasteiger partial charge in [0.15, 0.2) is 7.95 Å². The molecule has 0 aliphatic rings. The molecule has 0 amide bonds. The van der Waals surface area contributed by atoms with Gasteiger partial charge in [-0.15, -0.1) is 0 Å². The maximum atomic E-state index is 12.5. The first-order chi connectivity index (χ1) is 8.49. The van der Waals surface area contributed by atoms with E-state index in [4.69, 9.17) is 0 Å². The Kier molecular flexibility index (Phi) is 6.52. The van der Waals surface area contributed by atoms with Crippen LogP contribution in [0.1, 0.15) is 33.3 Å². The van der Waals surface area contributed by atoms with Crippen LogP contribution in [0, 0.1) is 11.8 Å². The molecule has 0 saturated carbocycles. The highest BCUT2D eigenvalue weighted by Gasteiger charge is 2.16. The summed E-state index contributed by atoms with van der Waals surface area (Å²) in [5.74, 6) is 1.11. The summed E-state index contributed by atoms with van der Waals surface area (Å²) in [7, 11) is -1.30. The third kappa shape index (κ3) is 5.75. The highest BCUT2D eigenvalue weighted by molar-refractivity contribution is 7.41. The lowest BCUT2D eigenvalue weighted by molar-refractivity contribution is 0.340. The maximum Gasteiger partial charge on any atom is 0.152 e. The van der Waals surface area contributed by atoms with Crippen LogP contribution in [-0.4, -0.2) is 17.8 Å². The predicted octanol–water partition coefficient (Wildman–Crippen LogP) is 4.54. The van der Waals surface area contributed by atoms with E-state index in [2.05, 4.69) is 44.5 Å². The van der Waals surface area contributed by atoms with Gasteiger partial charge in [0.25, 0.3) is 0 Å². The Morgan fingerprint density at radius 2 is 1.50 bits per heavy atom. The summed E-state index contributed by atoms with van der Waals surface area (Å²) in [6, 6.07) is 10.1. The smallest absolute Gasteiger partial charge is 0.152 e. The molecule has 0 aliphatic heterocycles. The highest BCUT2D eigenvalue weighted by atomic mass is 31.1. The average Bonchev–Trinajstić information content (AvgIpc) is 2.28. The molecule has 1 aromatic carbocycles. The number of hydrogen-bond acceptors (Lipinski definition) is 1. The van der Waals surface area contributed by atoms with Gasteiger partial charge in [-0.1, -0.05) is 58.0 Å². The third-order valence-corrected chi connectivity index (χ3v) is 4.22. The highest BCUT2D eigenvalue weighted by Crippen LogP contribution is 2.33. The fourth-order valence-electron chi connectivity index (χ4n) is 1.94. The molecule has 0 aliphatic carbocycles. The molecule has 1 aromatic rings. The first-order valence-electron chi connectivity index (χ1n) is 6.72. The van der Waals surface area contributed by atoms with Gasteiger partial charge in [-0.25, -0.2) is 4.67 Å².